The van der Waals surface area contributed by atoms with Crippen molar-refractivity contribution in [1.29, 1.82) is 0 Å². The second-order valence-corrected chi connectivity index (χ2v) is 8.43. The Labute approximate surface area is 188 Å². The smallest absolute Gasteiger partial charge is 0.220 e. The van der Waals surface area contributed by atoms with Crippen molar-refractivity contribution in [3.63, 3.8) is 0 Å². The molecule has 0 radical (unpaired) electrons. The monoisotopic (exact) mass is 422 g/mol. The van der Waals surface area contributed by atoms with E-state index in [1.54, 1.807) is 6.20 Å². The van der Waals surface area contributed by atoms with E-state index in [2.05, 4.69) is 42.0 Å². The topological polar surface area (TPSA) is 60.8 Å². The van der Waals surface area contributed by atoms with E-state index < -0.39 is 0 Å². The van der Waals surface area contributed by atoms with Gasteiger partial charge in [-0.15, -0.1) is 0 Å². The SMILES string of the molecule is CC(C)c1ccccc1-c1nc2c(c(OCc3ccc(-c4ccccn4)nc3)n1)CCC2. The first-order valence-electron chi connectivity index (χ1n) is 11.2. The highest BCUT2D eigenvalue weighted by molar-refractivity contribution is 5.62. The highest BCUT2D eigenvalue weighted by Crippen LogP contribution is 2.33. The molecule has 1 aliphatic carbocycles. The molecule has 1 aliphatic rings. The third-order valence-corrected chi connectivity index (χ3v) is 5.85. The summed E-state index contributed by atoms with van der Waals surface area (Å²) in [6, 6.07) is 18.2. The highest BCUT2D eigenvalue weighted by Gasteiger charge is 2.22. The fraction of sp³-hybridized carbons (Fsp3) is 0.259. The Morgan fingerprint density at radius 2 is 1.72 bits per heavy atom. The molecule has 3 heterocycles. The lowest BCUT2D eigenvalue weighted by atomic mass is 9.97. The van der Waals surface area contributed by atoms with Crippen LogP contribution < -0.4 is 4.74 Å². The zero-order valence-corrected chi connectivity index (χ0v) is 18.5. The van der Waals surface area contributed by atoms with Gasteiger partial charge in [-0.1, -0.05) is 50.2 Å². The van der Waals surface area contributed by atoms with Crippen molar-refractivity contribution in [2.45, 2.75) is 45.6 Å². The van der Waals surface area contributed by atoms with Crippen LogP contribution in [0.15, 0.2) is 67.0 Å². The molecule has 32 heavy (non-hydrogen) atoms. The Morgan fingerprint density at radius 1 is 0.875 bits per heavy atom. The summed E-state index contributed by atoms with van der Waals surface area (Å²) in [4.78, 5) is 18.7. The second kappa shape index (κ2) is 8.87. The van der Waals surface area contributed by atoms with Crippen molar-refractivity contribution in [2.24, 2.45) is 0 Å². The molecule has 160 valence electrons. The third-order valence-electron chi connectivity index (χ3n) is 5.85. The number of hydrogen-bond donors (Lipinski definition) is 0. The molecule has 0 unspecified atom stereocenters. The molecular weight excluding hydrogens is 396 g/mol. The molecule has 0 saturated heterocycles. The number of benzene rings is 1. The van der Waals surface area contributed by atoms with Crippen molar-refractivity contribution in [3.05, 3.63) is 89.4 Å². The van der Waals surface area contributed by atoms with Gasteiger partial charge < -0.3 is 4.74 Å². The first-order chi connectivity index (χ1) is 15.7. The molecule has 0 amide bonds. The average molecular weight is 423 g/mol. The Kier molecular flexibility index (Phi) is 5.63. The minimum atomic E-state index is 0.399. The van der Waals surface area contributed by atoms with Crippen LogP contribution in [0.25, 0.3) is 22.8 Å². The van der Waals surface area contributed by atoms with Crippen LogP contribution in [0.2, 0.25) is 0 Å². The van der Waals surface area contributed by atoms with Crippen LogP contribution in [0.5, 0.6) is 5.88 Å². The van der Waals surface area contributed by atoms with Crippen molar-refractivity contribution in [3.8, 4) is 28.7 Å². The molecule has 4 aromatic rings. The number of aromatic nitrogens is 4. The minimum Gasteiger partial charge on any atom is -0.472 e. The lowest BCUT2D eigenvalue weighted by molar-refractivity contribution is 0.290. The maximum absolute atomic E-state index is 6.24. The summed E-state index contributed by atoms with van der Waals surface area (Å²) in [7, 11) is 0. The van der Waals surface area contributed by atoms with Gasteiger partial charge in [0.1, 0.15) is 6.61 Å². The van der Waals surface area contributed by atoms with Crippen LogP contribution in [0.1, 0.15) is 48.6 Å². The molecule has 5 nitrogen and oxygen atoms in total. The van der Waals surface area contributed by atoms with Gasteiger partial charge in [0.15, 0.2) is 5.82 Å². The number of rotatable bonds is 6. The molecule has 0 bridgehead atoms. The van der Waals surface area contributed by atoms with Crippen LogP contribution >= 0.6 is 0 Å². The fourth-order valence-corrected chi connectivity index (χ4v) is 4.17. The van der Waals surface area contributed by atoms with E-state index in [1.807, 2.05) is 42.6 Å². The standard InChI is InChI=1S/C27H26N4O/c1-18(2)20-8-3-4-9-21(20)26-30-23-12-7-10-22(23)27(31-26)32-17-19-13-14-25(29-16-19)24-11-5-6-15-28-24/h3-6,8-9,11,13-16,18H,7,10,12,17H2,1-2H3. The zero-order chi connectivity index (χ0) is 21.9. The molecule has 5 rings (SSSR count). The van der Waals surface area contributed by atoms with E-state index in [0.29, 0.717) is 18.4 Å². The number of ether oxygens (including phenoxy) is 1. The van der Waals surface area contributed by atoms with E-state index in [1.165, 1.54) is 5.56 Å². The molecule has 3 aromatic heterocycles. The quantitative estimate of drug-likeness (QED) is 0.393. The van der Waals surface area contributed by atoms with E-state index in [-0.39, 0.29) is 0 Å². The van der Waals surface area contributed by atoms with Crippen LogP contribution in [0.3, 0.4) is 0 Å². The maximum Gasteiger partial charge on any atom is 0.220 e. The lowest BCUT2D eigenvalue weighted by Crippen LogP contribution is -2.06. The van der Waals surface area contributed by atoms with E-state index in [4.69, 9.17) is 14.7 Å². The minimum absolute atomic E-state index is 0.399. The number of pyridine rings is 2. The fourth-order valence-electron chi connectivity index (χ4n) is 4.17. The maximum atomic E-state index is 6.24. The summed E-state index contributed by atoms with van der Waals surface area (Å²) < 4.78 is 6.24. The predicted molar refractivity (Wildman–Crippen MR) is 125 cm³/mol. The first kappa shape index (κ1) is 20.3. The summed E-state index contributed by atoms with van der Waals surface area (Å²) in [5.41, 5.74) is 7.32. The molecule has 0 spiro atoms. The normalized spacial score (nSPS) is 12.7. The number of fused-ring (bicyclic) bond motifs is 1. The zero-order valence-electron chi connectivity index (χ0n) is 18.5. The summed E-state index contributed by atoms with van der Waals surface area (Å²) in [5, 5.41) is 0. The van der Waals surface area contributed by atoms with Crippen molar-refractivity contribution >= 4 is 0 Å². The van der Waals surface area contributed by atoms with Gasteiger partial charge in [-0.05, 0) is 48.9 Å². The van der Waals surface area contributed by atoms with E-state index in [9.17, 15) is 0 Å². The van der Waals surface area contributed by atoms with Crippen LogP contribution in [-0.2, 0) is 19.4 Å². The Morgan fingerprint density at radius 3 is 2.50 bits per heavy atom. The summed E-state index contributed by atoms with van der Waals surface area (Å²) in [5.74, 6) is 1.86. The van der Waals surface area contributed by atoms with Crippen LogP contribution in [-0.4, -0.2) is 19.9 Å². The second-order valence-electron chi connectivity index (χ2n) is 8.43. The van der Waals surface area contributed by atoms with Gasteiger partial charge in [0.25, 0.3) is 0 Å². The van der Waals surface area contributed by atoms with Gasteiger partial charge in [-0.25, -0.2) is 4.98 Å². The van der Waals surface area contributed by atoms with Crippen LogP contribution in [0.4, 0.5) is 0 Å². The van der Waals surface area contributed by atoms with Crippen molar-refractivity contribution in [1.82, 2.24) is 19.9 Å². The van der Waals surface area contributed by atoms with E-state index >= 15 is 0 Å². The Bertz CT molecular complexity index is 1220. The van der Waals surface area contributed by atoms with Gasteiger partial charge >= 0.3 is 0 Å². The Hall–Kier alpha value is -3.60. The van der Waals surface area contributed by atoms with Crippen molar-refractivity contribution < 1.29 is 4.74 Å². The van der Waals surface area contributed by atoms with E-state index in [0.717, 1.165) is 58.9 Å². The van der Waals surface area contributed by atoms with Gasteiger partial charge in [0.05, 0.1) is 17.1 Å². The summed E-state index contributed by atoms with van der Waals surface area (Å²) >= 11 is 0. The number of hydrogen-bond acceptors (Lipinski definition) is 5. The lowest BCUT2D eigenvalue weighted by Gasteiger charge is -2.15. The summed E-state index contributed by atoms with van der Waals surface area (Å²) in [6.07, 6.45) is 6.66. The van der Waals surface area contributed by atoms with Crippen LogP contribution in [0, 0.1) is 0 Å². The summed E-state index contributed by atoms with van der Waals surface area (Å²) in [6.45, 7) is 4.82. The Balaban J connectivity index is 1.41. The molecule has 0 N–H and O–H groups in total. The van der Waals surface area contributed by atoms with Gasteiger partial charge in [0, 0.05) is 29.1 Å². The number of aryl methyl sites for hydroxylation is 1. The molecule has 0 fully saturated rings. The highest BCUT2D eigenvalue weighted by atomic mass is 16.5. The largest absolute Gasteiger partial charge is 0.472 e. The number of nitrogens with zero attached hydrogens (tertiary/aromatic N) is 4. The molecule has 0 atom stereocenters. The third kappa shape index (κ3) is 4.11. The molecule has 1 aromatic carbocycles. The van der Waals surface area contributed by atoms with Gasteiger partial charge in [-0.3, -0.25) is 9.97 Å². The average Bonchev–Trinajstić information content (AvgIpc) is 3.32. The molecule has 0 saturated carbocycles. The van der Waals surface area contributed by atoms with Gasteiger partial charge in [0.2, 0.25) is 5.88 Å². The van der Waals surface area contributed by atoms with Crippen molar-refractivity contribution in [2.75, 3.05) is 0 Å². The predicted octanol–water partition coefficient (Wildman–Crippen LogP) is 5.79. The van der Waals surface area contributed by atoms with Gasteiger partial charge in [-0.2, -0.15) is 4.98 Å². The molecular formula is C27H26N4O. The molecule has 0 aliphatic heterocycles. The first-order valence-corrected chi connectivity index (χ1v) is 11.2. The molecule has 5 heteroatoms.